The molecule has 0 radical (unpaired) electrons. The summed E-state index contributed by atoms with van der Waals surface area (Å²) < 4.78 is 38.1. The van der Waals surface area contributed by atoms with Gasteiger partial charge in [0, 0.05) is 12.1 Å². The van der Waals surface area contributed by atoms with Gasteiger partial charge in [0.15, 0.2) is 0 Å². The standard InChI is InChI=1S/C18H17ClN4O5S2/c1-27-12-5-2-4-11(10-12)17-21-22-18(28-17)20-16(24)13-6-3-9-23(13)30(25,26)15-8-7-14(19)29-15/h2,4-5,7-8,10,13H,3,6,9H2,1H3,(H,20,22,24). The fourth-order valence-corrected chi connectivity index (χ4v) is 6.45. The van der Waals surface area contributed by atoms with Crippen LogP contribution >= 0.6 is 22.9 Å². The molecule has 1 aliphatic rings. The lowest BCUT2D eigenvalue weighted by molar-refractivity contribution is -0.119. The number of aromatic nitrogens is 2. The second kappa shape index (κ2) is 8.34. The lowest BCUT2D eigenvalue weighted by Crippen LogP contribution is -2.42. The van der Waals surface area contributed by atoms with Crippen LogP contribution < -0.4 is 10.1 Å². The zero-order valence-electron chi connectivity index (χ0n) is 15.7. The van der Waals surface area contributed by atoms with Crippen molar-refractivity contribution in [3.8, 4) is 17.2 Å². The molecule has 0 saturated carbocycles. The molecular weight excluding hydrogens is 452 g/mol. The summed E-state index contributed by atoms with van der Waals surface area (Å²) in [5.41, 5.74) is 0.627. The third-order valence-electron chi connectivity index (χ3n) is 4.59. The SMILES string of the molecule is COc1cccc(-c2nnc(NC(=O)C3CCCN3S(=O)(=O)c3ccc(Cl)s3)o2)c1. The number of nitrogens with one attached hydrogen (secondary N) is 1. The molecule has 3 aromatic rings. The number of ether oxygens (including phenoxy) is 1. The first kappa shape index (κ1) is 20.8. The van der Waals surface area contributed by atoms with Crippen molar-refractivity contribution in [1.82, 2.24) is 14.5 Å². The highest BCUT2D eigenvalue weighted by atomic mass is 35.5. The van der Waals surface area contributed by atoms with E-state index in [4.69, 9.17) is 20.8 Å². The van der Waals surface area contributed by atoms with Crippen LogP contribution in [0, 0.1) is 0 Å². The van der Waals surface area contributed by atoms with E-state index in [2.05, 4.69) is 15.5 Å². The van der Waals surface area contributed by atoms with Crippen molar-refractivity contribution in [2.75, 3.05) is 19.0 Å². The van der Waals surface area contributed by atoms with Gasteiger partial charge < -0.3 is 9.15 Å². The van der Waals surface area contributed by atoms with E-state index in [0.717, 1.165) is 11.3 Å². The summed E-state index contributed by atoms with van der Waals surface area (Å²) in [6.07, 6.45) is 0.955. The average Bonchev–Trinajstić information content (AvgIpc) is 3.48. The number of hydrogen-bond acceptors (Lipinski definition) is 8. The highest BCUT2D eigenvalue weighted by Crippen LogP contribution is 2.32. The molecule has 1 saturated heterocycles. The minimum atomic E-state index is -3.82. The normalized spacial score (nSPS) is 17.2. The average molecular weight is 469 g/mol. The Kier molecular flexibility index (Phi) is 5.78. The molecular formula is C18H17ClN4O5S2. The van der Waals surface area contributed by atoms with Crippen LogP contribution in [0.2, 0.25) is 4.34 Å². The minimum Gasteiger partial charge on any atom is -0.497 e. The van der Waals surface area contributed by atoms with Crippen molar-refractivity contribution in [2.24, 2.45) is 0 Å². The Balaban J connectivity index is 1.50. The van der Waals surface area contributed by atoms with Crippen LogP contribution in [-0.2, 0) is 14.8 Å². The summed E-state index contributed by atoms with van der Waals surface area (Å²) in [4.78, 5) is 12.8. The lowest BCUT2D eigenvalue weighted by Gasteiger charge is -2.21. The van der Waals surface area contributed by atoms with Gasteiger partial charge >= 0.3 is 6.01 Å². The summed E-state index contributed by atoms with van der Waals surface area (Å²) in [6.45, 7) is 0.245. The first-order valence-electron chi connectivity index (χ1n) is 8.94. The number of hydrogen-bond donors (Lipinski definition) is 1. The number of sulfonamides is 1. The predicted molar refractivity (Wildman–Crippen MR) is 111 cm³/mol. The largest absolute Gasteiger partial charge is 0.497 e. The van der Waals surface area contributed by atoms with Crippen molar-refractivity contribution in [3.63, 3.8) is 0 Å². The highest BCUT2D eigenvalue weighted by molar-refractivity contribution is 7.91. The summed E-state index contributed by atoms with van der Waals surface area (Å²) >= 11 is 6.83. The molecule has 30 heavy (non-hydrogen) atoms. The van der Waals surface area contributed by atoms with Gasteiger partial charge in [-0.2, -0.15) is 4.31 Å². The molecule has 1 unspecified atom stereocenters. The molecule has 1 amide bonds. The molecule has 1 N–H and O–H groups in total. The molecule has 0 spiro atoms. The number of amides is 1. The van der Waals surface area contributed by atoms with Gasteiger partial charge in [-0.05, 0) is 43.2 Å². The van der Waals surface area contributed by atoms with Gasteiger partial charge in [0.2, 0.25) is 11.8 Å². The predicted octanol–water partition coefficient (Wildman–Crippen LogP) is 3.25. The Labute approximate surface area is 181 Å². The maximum atomic E-state index is 12.9. The molecule has 1 fully saturated rings. The number of nitrogens with zero attached hydrogens (tertiary/aromatic N) is 3. The number of rotatable bonds is 6. The van der Waals surface area contributed by atoms with E-state index in [0.29, 0.717) is 28.5 Å². The van der Waals surface area contributed by atoms with Crippen LogP contribution in [-0.4, -0.2) is 48.5 Å². The quantitative estimate of drug-likeness (QED) is 0.590. The fraction of sp³-hybridized carbons (Fsp3) is 0.278. The third-order valence-corrected chi connectivity index (χ3v) is 8.20. The zero-order chi connectivity index (χ0) is 21.3. The number of carbonyl (C=O) groups excluding carboxylic acids is 1. The van der Waals surface area contributed by atoms with Crippen molar-refractivity contribution in [1.29, 1.82) is 0 Å². The van der Waals surface area contributed by atoms with E-state index in [1.54, 1.807) is 31.4 Å². The molecule has 1 aromatic carbocycles. The molecule has 1 aliphatic heterocycles. The van der Waals surface area contributed by atoms with Gasteiger partial charge in [-0.3, -0.25) is 10.1 Å². The first-order chi connectivity index (χ1) is 14.4. The Bertz CT molecular complexity index is 1180. The maximum Gasteiger partial charge on any atom is 0.322 e. The van der Waals surface area contributed by atoms with Crippen LogP contribution in [0.5, 0.6) is 5.75 Å². The Morgan fingerprint density at radius 2 is 2.17 bits per heavy atom. The number of benzene rings is 1. The number of carbonyl (C=O) groups is 1. The summed E-state index contributed by atoms with van der Waals surface area (Å²) in [5, 5.41) is 10.3. The molecule has 158 valence electrons. The maximum absolute atomic E-state index is 12.9. The van der Waals surface area contributed by atoms with Crippen LogP contribution in [0.25, 0.3) is 11.5 Å². The molecule has 9 nitrogen and oxygen atoms in total. The Morgan fingerprint density at radius 3 is 2.90 bits per heavy atom. The summed E-state index contributed by atoms with van der Waals surface area (Å²) in [7, 11) is -2.28. The van der Waals surface area contributed by atoms with Crippen molar-refractivity contribution in [2.45, 2.75) is 23.1 Å². The van der Waals surface area contributed by atoms with Gasteiger partial charge in [0.1, 0.15) is 16.0 Å². The van der Waals surface area contributed by atoms with Crippen LogP contribution in [0.4, 0.5) is 6.01 Å². The molecule has 1 atom stereocenters. The summed E-state index contributed by atoms with van der Waals surface area (Å²) in [6, 6.07) is 9.00. The third kappa shape index (κ3) is 4.06. The number of methoxy groups -OCH3 is 1. The molecule has 0 bridgehead atoms. The Morgan fingerprint density at radius 1 is 1.33 bits per heavy atom. The van der Waals surface area contributed by atoms with E-state index < -0.39 is 22.0 Å². The molecule has 12 heteroatoms. The van der Waals surface area contributed by atoms with E-state index in [9.17, 15) is 13.2 Å². The second-order valence-corrected chi connectivity index (χ2v) is 10.3. The number of halogens is 1. The fourth-order valence-electron chi connectivity index (χ4n) is 3.18. The van der Waals surface area contributed by atoms with Crippen LogP contribution in [0.15, 0.2) is 45.0 Å². The highest BCUT2D eigenvalue weighted by Gasteiger charge is 2.40. The number of thiophene rings is 1. The Hall–Kier alpha value is -2.47. The molecule has 2 aromatic heterocycles. The van der Waals surface area contributed by atoms with Crippen molar-refractivity contribution >= 4 is 44.9 Å². The van der Waals surface area contributed by atoms with Crippen molar-refractivity contribution in [3.05, 3.63) is 40.7 Å². The minimum absolute atomic E-state index is 0.102. The van der Waals surface area contributed by atoms with Crippen molar-refractivity contribution < 1.29 is 22.4 Å². The lowest BCUT2D eigenvalue weighted by atomic mass is 10.2. The summed E-state index contributed by atoms with van der Waals surface area (Å²) in [5.74, 6) is 0.296. The van der Waals surface area contributed by atoms with E-state index in [1.807, 2.05) is 0 Å². The van der Waals surface area contributed by atoms with Gasteiger partial charge in [-0.25, -0.2) is 8.42 Å². The van der Waals surface area contributed by atoms with Crippen LogP contribution in [0.3, 0.4) is 0 Å². The second-order valence-electron chi connectivity index (χ2n) is 6.47. The van der Waals surface area contributed by atoms with E-state index in [-0.39, 0.29) is 22.7 Å². The van der Waals surface area contributed by atoms with Gasteiger partial charge in [0.05, 0.1) is 11.4 Å². The first-order valence-corrected chi connectivity index (χ1v) is 11.6. The zero-order valence-corrected chi connectivity index (χ0v) is 18.1. The van der Waals surface area contributed by atoms with Gasteiger partial charge in [-0.15, -0.1) is 16.4 Å². The van der Waals surface area contributed by atoms with E-state index in [1.165, 1.54) is 16.4 Å². The number of anilines is 1. The molecule has 0 aliphatic carbocycles. The van der Waals surface area contributed by atoms with Gasteiger partial charge in [-0.1, -0.05) is 22.8 Å². The molecule has 3 heterocycles. The van der Waals surface area contributed by atoms with Crippen LogP contribution in [0.1, 0.15) is 12.8 Å². The van der Waals surface area contributed by atoms with E-state index >= 15 is 0 Å². The molecule has 4 rings (SSSR count). The van der Waals surface area contributed by atoms with Gasteiger partial charge in [0.25, 0.3) is 10.0 Å². The smallest absolute Gasteiger partial charge is 0.322 e. The topological polar surface area (TPSA) is 115 Å². The monoisotopic (exact) mass is 468 g/mol.